The molecule has 15 heavy (non-hydrogen) atoms. The maximum Gasteiger partial charge on any atom is 0.338 e. The molecule has 5 heteroatoms. The SMILES string of the molecule is COC(=O)c1ccncc1C=CC(=O)O. The molecule has 0 aliphatic heterocycles. The molecule has 1 aromatic heterocycles. The van der Waals surface area contributed by atoms with E-state index in [9.17, 15) is 9.59 Å². The summed E-state index contributed by atoms with van der Waals surface area (Å²) in [7, 11) is 1.26. The molecule has 0 saturated carbocycles. The normalized spacial score (nSPS) is 10.2. The van der Waals surface area contributed by atoms with E-state index in [1.165, 1.54) is 31.6 Å². The summed E-state index contributed by atoms with van der Waals surface area (Å²) in [5, 5.41) is 8.44. The molecule has 0 aliphatic rings. The van der Waals surface area contributed by atoms with Crippen LogP contribution in [0.5, 0.6) is 0 Å². The predicted octanol–water partition coefficient (Wildman–Crippen LogP) is 0.966. The molecule has 1 aromatic rings. The zero-order valence-electron chi connectivity index (χ0n) is 8.01. The molecular weight excluding hydrogens is 198 g/mol. The van der Waals surface area contributed by atoms with E-state index in [0.717, 1.165) is 6.08 Å². The topological polar surface area (TPSA) is 76.5 Å². The summed E-state index contributed by atoms with van der Waals surface area (Å²) < 4.78 is 4.54. The van der Waals surface area contributed by atoms with Crippen LogP contribution in [-0.4, -0.2) is 29.1 Å². The number of aromatic nitrogens is 1. The molecule has 0 amide bonds. The van der Waals surface area contributed by atoms with Gasteiger partial charge in [-0.25, -0.2) is 9.59 Å². The monoisotopic (exact) mass is 207 g/mol. The molecule has 0 spiro atoms. The molecule has 0 saturated heterocycles. The molecule has 0 fully saturated rings. The Morgan fingerprint density at radius 3 is 2.87 bits per heavy atom. The van der Waals surface area contributed by atoms with Crippen molar-refractivity contribution in [3.05, 3.63) is 35.7 Å². The first-order valence-corrected chi connectivity index (χ1v) is 4.08. The van der Waals surface area contributed by atoms with Crippen molar-refractivity contribution in [3.8, 4) is 0 Å². The zero-order chi connectivity index (χ0) is 11.3. The van der Waals surface area contributed by atoms with E-state index >= 15 is 0 Å². The minimum absolute atomic E-state index is 0.282. The van der Waals surface area contributed by atoms with Gasteiger partial charge in [-0.05, 0) is 12.1 Å². The number of ether oxygens (including phenoxy) is 1. The van der Waals surface area contributed by atoms with E-state index in [0.29, 0.717) is 5.56 Å². The lowest BCUT2D eigenvalue weighted by atomic mass is 10.1. The molecule has 0 bridgehead atoms. The van der Waals surface area contributed by atoms with E-state index in [1.807, 2.05) is 0 Å². The standard InChI is InChI=1S/C10H9NO4/c1-15-10(14)8-4-5-11-6-7(8)2-3-9(12)13/h2-6H,1H3,(H,12,13). The third-order valence-corrected chi connectivity index (χ3v) is 1.66. The molecule has 0 radical (unpaired) electrons. The average Bonchev–Trinajstić information content (AvgIpc) is 2.25. The summed E-state index contributed by atoms with van der Waals surface area (Å²) in [5.74, 6) is -1.61. The Morgan fingerprint density at radius 2 is 2.27 bits per heavy atom. The third-order valence-electron chi connectivity index (χ3n) is 1.66. The van der Waals surface area contributed by atoms with Gasteiger partial charge in [-0.3, -0.25) is 4.98 Å². The number of aliphatic carboxylic acids is 1. The number of carboxylic acid groups (broad SMARTS) is 1. The predicted molar refractivity (Wildman–Crippen MR) is 52.2 cm³/mol. The highest BCUT2D eigenvalue weighted by Crippen LogP contribution is 2.10. The van der Waals surface area contributed by atoms with Crippen molar-refractivity contribution in [1.29, 1.82) is 0 Å². The highest BCUT2D eigenvalue weighted by atomic mass is 16.5. The van der Waals surface area contributed by atoms with Gasteiger partial charge in [0, 0.05) is 24.0 Å². The van der Waals surface area contributed by atoms with Crippen molar-refractivity contribution in [2.24, 2.45) is 0 Å². The lowest BCUT2D eigenvalue weighted by Crippen LogP contribution is -2.04. The van der Waals surface area contributed by atoms with Gasteiger partial charge < -0.3 is 9.84 Å². The van der Waals surface area contributed by atoms with Crippen molar-refractivity contribution in [2.45, 2.75) is 0 Å². The quantitative estimate of drug-likeness (QED) is 0.590. The number of methoxy groups -OCH3 is 1. The van der Waals surface area contributed by atoms with Gasteiger partial charge in [-0.1, -0.05) is 0 Å². The lowest BCUT2D eigenvalue weighted by molar-refractivity contribution is -0.131. The van der Waals surface area contributed by atoms with Crippen LogP contribution >= 0.6 is 0 Å². The van der Waals surface area contributed by atoms with E-state index in [4.69, 9.17) is 5.11 Å². The molecule has 1 N–H and O–H groups in total. The second-order valence-electron chi connectivity index (χ2n) is 2.63. The first kappa shape index (κ1) is 10.9. The van der Waals surface area contributed by atoms with Crippen molar-refractivity contribution in [2.75, 3.05) is 7.11 Å². The Balaban J connectivity index is 3.06. The van der Waals surface area contributed by atoms with Gasteiger partial charge in [0.25, 0.3) is 0 Å². The van der Waals surface area contributed by atoms with Crippen molar-refractivity contribution in [3.63, 3.8) is 0 Å². The van der Waals surface area contributed by atoms with Crippen LogP contribution < -0.4 is 0 Å². The molecule has 1 rings (SSSR count). The second-order valence-corrected chi connectivity index (χ2v) is 2.63. The van der Waals surface area contributed by atoms with Crippen LogP contribution in [0.2, 0.25) is 0 Å². The number of carboxylic acids is 1. The van der Waals surface area contributed by atoms with Crippen molar-refractivity contribution >= 4 is 18.0 Å². The van der Waals surface area contributed by atoms with Crippen LogP contribution in [0.4, 0.5) is 0 Å². The maximum atomic E-state index is 11.2. The van der Waals surface area contributed by atoms with Crippen LogP contribution in [0.15, 0.2) is 24.5 Å². The van der Waals surface area contributed by atoms with E-state index in [1.54, 1.807) is 0 Å². The van der Waals surface area contributed by atoms with Crippen molar-refractivity contribution in [1.82, 2.24) is 4.98 Å². The molecule has 0 atom stereocenters. The lowest BCUT2D eigenvalue weighted by Gasteiger charge is -2.01. The minimum atomic E-state index is -1.09. The van der Waals surface area contributed by atoms with Gasteiger partial charge in [-0.2, -0.15) is 0 Å². The Labute approximate surface area is 86.0 Å². The second kappa shape index (κ2) is 4.90. The fraction of sp³-hybridized carbons (Fsp3) is 0.100. The number of carbonyl (C=O) groups is 2. The van der Waals surface area contributed by atoms with Gasteiger partial charge >= 0.3 is 11.9 Å². The summed E-state index contributed by atoms with van der Waals surface area (Å²) >= 11 is 0. The first-order chi connectivity index (χ1) is 7.15. The molecule has 0 aromatic carbocycles. The number of hydrogen-bond acceptors (Lipinski definition) is 4. The Hall–Kier alpha value is -2.17. The smallest absolute Gasteiger partial charge is 0.338 e. The van der Waals surface area contributed by atoms with Crippen molar-refractivity contribution < 1.29 is 19.4 Å². The summed E-state index contributed by atoms with van der Waals surface area (Å²) in [6.07, 6.45) is 5.06. The summed E-state index contributed by atoms with van der Waals surface area (Å²) in [6.45, 7) is 0. The highest BCUT2D eigenvalue weighted by Gasteiger charge is 2.09. The minimum Gasteiger partial charge on any atom is -0.478 e. The van der Waals surface area contributed by atoms with Crippen LogP contribution in [-0.2, 0) is 9.53 Å². The fourth-order valence-electron chi connectivity index (χ4n) is 0.996. The van der Waals surface area contributed by atoms with Gasteiger partial charge in [0.2, 0.25) is 0 Å². The zero-order valence-corrected chi connectivity index (χ0v) is 8.01. The molecule has 1 heterocycles. The molecule has 78 valence electrons. The number of esters is 1. The molecular formula is C10H9NO4. The number of nitrogens with zero attached hydrogens (tertiary/aromatic N) is 1. The third kappa shape index (κ3) is 2.91. The highest BCUT2D eigenvalue weighted by molar-refractivity contribution is 5.95. The average molecular weight is 207 g/mol. The Kier molecular flexibility index (Phi) is 3.56. The Morgan fingerprint density at radius 1 is 1.53 bits per heavy atom. The fourth-order valence-corrected chi connectivity index (χ4v) is 0.996. The van der Waals surface area contributed by atoms with E-state index < -0.39 is 11.9 Å². The maximum absolute atomic E-state index is 11.2. The summed E-state index contributed by atoms with van der Waals surface area (Å²) in [4.78, 5) is 25.3. The van der Waals surface area contributed by atoms with Crippen LogP contribution in [0.25, 0.3) is 6.08 Å². The molecule has 0 unspecified atom stereocenters. The Bertz CT molecular complexity index is 412. The van der Waals surface area contributed by atoms with Gasteiger partial charge in [-0.15, -0.1) is 0 Å². The van der Waals surface area contributed by atoms with Crippen LogP contribution in [0.1, 0.15) is 15.9 Å². The van der Waals surface area contributed by atoms with Gasteiger partial charge in [0.15, 0.2) is 0 Å². The number of rotatable bonds is 3. The summed E-state index contributed by atoms with van der Waals surface area (Å²) in [6, 6.07) is 1.47. The largest absolute Gasteiger partial charge is 0.478 e. The van der Waals surface area contributed by atoms with Gasteiger partial charge in [0.05, 0.1) is 12.7 Å². The van der Waals surface area contributed by atoms with Crippen LogP contribution in [0.3, 0.4) is 0 Å². The van der Waals surface area contributed by atoms with E-state index in [2.05, 4.69) is 9.72 Å². The molecule has 0 aliphatic carbocycles. The van der Waals surface area contributed by atoms with Crippen LogP contribution in [0, 0.1) is 0 Å². The van der Waals surface area contributed by atoms with E-state index in [-0.39, 0.29) is 5.56 Å². The van der Waals surface area contributed by atoms with Gasteiger partial charge in [0.1, 0.15) is 0 Å². The number of hydrogen-bond donors (Lipinski definition) is 1. The molecule has 5 nitrogen and oxygen atoms in total. The number of pyridine rings is 1. The summed E-state index contributed by atoms with van der Waals surface area (Å²) in [5.41, 5.74) is 0.691. The number of carbonyl (C=O) groups excluding carboxylic acids is 1. The first-order valence-electron chi connectivity index (χ1n) is 4.08.